The molecule has 2 aromatic carbocycles. The highest BCUT2D eigenvalue weighted by atomic mass is 19.1. The van der Waals surface area contributed by atoms with E-state index in [1.807, 2.05) is 0 Å². The van der Waals surface area contributed by atoms with E-state index in [2.05, 4.69) is 10.6 Å². The molecule has 0 aliphatic heterocycles. The zero-order chi connectivity index (χ0) is 23.1. The average molecular weight is 444 g/mol. The standard InChI is InChI=1S/C21H22BFN2O7/c1-30-15-6-4-5-13(9-15)11-24-20(26)19(23)21(27)25-18(32-22(28)29)10-14-12-31-17-8-3-2-7-16(14)17/h2-9,12,18-19,28-29H,10-11H2,1H3,(H,24,26)(H,25,27)/t18-,19?/m1/s1. The molecule has 168 valence electrons. The third-order valence-corrected chi connectivity index (χ3v) is 4.62. The SMILES string of the molecule is COc1cccc(CNC(=O)C(F)C(=O)N[C@@H](Cc2coc3ccccc23)OB(O)O)c1. The highest BCUT2D eigenvalue weighted by Gasteiger charge is 2.30. The van der Waals surface area contributed by atoms with Crippen LogP contribution in [0.2, 0.25) is 0 Å². The van der Waals surface area contributed by atoms with Gasteiger partial charge < -0.3 is 34.5 Å². The Morgan fingerprint density at radius 2 is 1.94 bits per heavy atom. The number of nitrogens with one attached hydrogen (secondary N) is 2. The van der Waals surface area contributed by atoms with E-state index < -0.39 is 31.5 Å². The lowest BCUT2D eigenvalue weighted by Crippen LogP contribution is -2.49. The van der Waals surface area contributed by atoms with Crippen molar-refractivity contribution in [2.24, 2.45) is 0 Å². The second-order valence-electron chi connectivity index (χ2n) is 6.85. The van der Waals surface area contributed by atoms with E-state index in [0.29, 0.717) is 22.5 Å². The van der Waals surface area contributed by atoms with Gasteiger partial charge in [-0.3, -0.25) is 9.59 Å². The van der Waals surface area contributed by atoms with Crippen molar-refractivity contribution in [1.29, 1.82) is 0 Å². The maximum Gasteiger partial charge on any atom is 0.635 e. The number of hydrogen-bond donors (Lipinski definition) is 4. The lowest BCUT2D eigenvalue weighted by Gasteiger charge is -2.20. The van der Waals surface area contributed by atoms with Gasteiger partial charge in [0, 0.05) is 23.9 Å². The molecule has 0 saturated carbocycles. The van der Waals surface area contributed by atoms with Gasteiger partial charge in [0.1, 0.15) is 17.6 Å². The normalized spacial score (nSPS) is 12.8. The Kier molecular flexibility index (Phi) is 7.82. The summed E-state index contributed by atoms with van der Waals surface area (Å²) in [6.07, 6.45) is -2.50. The van der Waals surface area contributed by atoms with E-state index in [1.165, 1.54) is 13.4 Å². The molecule has 3 aromatic rings. The minimum atomic E-state index is -2.54. The smallest absolute Gasteiger partial charge is 0.497 e. The summed E-state index contributed by atoms with van der Waals surface area (Å²) in [5.41, 5.74) is 1.82. The molecule has 32 heavy (non-hydrogen) atoms. The van der Waals surface area contributed by atoms with Gasteiger partial charge in [-0.15, -0.1) is 0 Å². The summed E-state index contributed by atoms with van der Waals surface area (Å²) in [5.74, 6) is -1.87. The second-order valence-corrected chi connectivity index (χ2v) is 6.85. The number of benzene rings is 2. The van der Waals surface area contributed by atoms with Gasteiger partial charge in [-0.1, -0.05) is 30.3 Å². The van der Waals surface area contributed by atoms with Crippen LogP contribution < -0.4 is 15.4 Å². The van der Waals surface area contributed by atoms with Crippen molar-refractivity contribution in [2.75, 3.05) is 7.11 Å². The van der Waals surface area contributed by atoms with Crippen molar-refractivity contribution < 1.29 is 37.8 Å². The van der Waals surface area contributed by atoms with Crippen LogP contribution in [-0.2, 0) is 27.2 Å². The predicted molar refractivity (Wildman–Crippen MR) is 113 cm³/mol. The van der Waals surface area contributed by atoms with Crippen LogP contribution in [0.4, 0.5) is 4.39 Å². The molecule has 2 atom stereocenters. The van der Waals surface area contributed by atoms with Crippen LogP contribution >= 0.6 is 0 Å². The van der Waals surface area contributed by atoms with E-state index in [4.69, 9.17) is 23.9 Å². The zero-order valence-electron chi connectivity index (χ0n) is 17.2. The number of rotatable bonds is 10. The van der Waals surface area contributed by atoms with Crippen LogP contribution in [0.25, 0.3) is 11.0 Å². The Bertz CT molecular complexity index is 1070. The van der Waals surface area contributed by atoms with Crippen molar-refractivity contribution in [3.63, 3.8) is 0 Å². The van der Waals surface area contributed by atoms with Gasteiger partial charge in [0.15, 0.2) is 0 Å². The number of methoxy groups -OCH3 is 1. The lowest BCUT2D eigenvalue weighted by atomic mass is 10.1. The summed E-state index contributed by atoms with van der Waals surface area (Å²) >= 11 is 0. The molecular weight excluding hydrogens is 422 g/mol. The Morgan fingerprint density at radius 1 is 1.16 bits per heavy atom. The fraction of sp³-hybridized carbons (Fsp3) is 0.238. The molecule has 0 fully saturated rings. The van der Waals surface area contributed by atoms with Gasteiger partial charge in [0.2, 0.25) is 0 Å². The van der Waals surface area contributed by atoms with Crippen molar-refractivity contribution in [3.05, 3.63) is 65.9 Å². The number of para-hydroxylation sites is 1. The van der Waals surface area contributed by atoms with Gasteiger partial charge in [0.05, 0.1) is 13.4 Å². The molecule has 0 aliphatic carbocycles. The number of furan rings is 1. The largest absolute Gasteiger partial charge is 0.635 e. The summed E-state index contributed by atoms with van der Waals surface area (Å²) in [6, 6.07) is 13.9. The minimum Gasteiger partial charge on any atom is -0.497 e. The van der Waals surface area contributed by atoms with Crippen LogP contribution in [0, 0.1) is 0 Å². The first-order valence-electron chi connectivity index (χ1n) is 9.69. The monoisotopic (exact) mass is 444 g/mol. The van der Waals surface area contributed by atoms with Gasteiger partial charge in [-0.2, -0.15) is 0 Å². The van der Waals surface area contributed by atoms with E-state index in [-0.39, 0.29) is 13.0 Å². The summed E-state index contributed by atoms with van der Waals surface area (Å²) in [5, 5.41) is 23.5. The molecule has 0 radical (unpaired) electrons. The van der Waals surface area contributed by atoms with Crippen molar-refractivity contribution in [2.45, 2.75) is 25.4 Å². The van der Waals surface area contributed by atoms with Crippen LogP contribution in [0.5, 0.6) is 5.75 Å². The van der Waals surface area contributed by atoms with E-state index >= 15 is 0 Å². The molecular formula is C21H22BFN2O7. The topological polar surface area (TPSA) is 130 Å². The first-order valence-corrected chi connectivity index (χ1v) is 9.69. The molecule has 11 heteroatoms. The first kappa shape index (κ1) is 23.3. The molecule has 0 saturated heterocycles. The van der Waals surface area contributed by atoms with Gasteiger partial charge in [-0.25, -0.2) is 4.39 Å². The van der Waals surface area contributed by atoms with Crippen LogP contribution in [0.1, 0.15) is 11.1 Å². The summed E-state index contributed by atoms with van der Waals surface area (Å²) in [6.45, 7) is -0.0139. The van der Waals surface area contributed by atoms with Gasteiger partial charge in [-0.05, 0) is 23.8 Å². The minimum absolute atomic E-state index is 0.0139. The fourth-order valence-electron chi connectivity index (χ4n) is 3.08. The maximum absolute atomic E-state index is 14.4. The van der Waals surface area contributed by atoms with E-state index in [9.17, 15) is 14.0 Å². The maximum atomic E-state index is 14.4. The second kappa shape index (κ2) is 10.8. The highest BCUT2D eigenvalue weighted by Crippen LogP contribution is 2.22. The summed E-state index contributed by atoms with van der Waals surface area (Å²) in [7, 11) is -0.730. The number of hydrogen-bond acceptors (Lipinski definition) is 7. The number of alkyl halides is 1. The van der Waals surface area contributed by atoms with Crippen LogP contribution in [0.15, 0.2) is 59.2 Å². The highest BCUT2D eigenvalue weighted by molar-refractivity contribution is 6.32. The molecule has 1 unspecified atom stereocenters. The summed E-state index contributed by atoms with van der Waals surface area (Å²) < 4.78 is 29.7. The predicted octanol–water partition coefficient (Wildman–Crippen LogP) is 1.07. The molecule has 0 aliphatic rings. The van der Waals surface area contributed by atoms with E-state index in [0.717, 1.165) is 5.39 Å². The van der Waals surface area contributed by atoms with Crippen LogP contribution in [0.3, 0.4) is 0 Å². The number of carbonyl (C=O) groups is 2. The molecule has 1 heterocycles. The third kappa shape index (κ3) is 6.07. The van der Waals surface area contributed by atoms with Gasteiger partial charge >= 0.3 is 7.32 Å². The fourth-order valence-corrected chi connectivity index (χ4v) is 3.08. The molecule has 0 spiro atoms. The Morgan fingerprint density at radius 3 is 2.69 bits per heavy atom. The Balaban J connectivity index is 1.61. The molecule has 1 aromatic heterocycles. The van der Waals surface area contributed by atoms with Crippen molar-refractivity contribution in [3.8, 4) is 5.75 Å². The lowest BCUT2D eigenvalue weighted by molar-refractivity contribution is -0.138. The molecule has 0 bridgehead atoms. The third-order valence-electron chi connectivity index (χ3n) is 4.62. The number of amides is 2. The van der Waals surface area contributed by atoms with Crippen molar-refractivity contribution >= 4 is 30.1 Å². The average Bonchev–Trinajstić information content (AvgIpc) is 3.19. The Hall–Kier alpha value is -3.41. The number of carbonyl (C=O) groups excluding carboxylic acids is 2. The van der Waals surface area contributed by atoms with Crippen molar-refractivity contribution in [1.82, 2.24) is 10.6 Å². The molecule has 3 rings (SSSR count). The first-order chi connectivity index (χ1) is 15.4. The number of halogens is 1. The molecule has 2 amide bonds. The molecule has 9 nitrogen and oxygen atoms in total. The number of ether oxygens (including phenoxy) is 1. The van der Waals surface area contributed by atoms with Gasteiger partial charge in [0.25, 0.3) is 18.0 Å². The molecule has 4 N–H and O–H groups in total. The summed E-state index contributed by atoms with van der Waals surface area (Å²) in [4.78, 5) is 24.3. The van der Waals surface area contributed by atoms with Crippen LogP contribution in [-0.4, -0.2) is 48.7 Å². The van der Waals surface area contributed by atoms with E-state index in [1.54, 1.807) is 48.5 Å². The Labute approximate surface area is 183 Å². The quantitative estimate of drug-likeness (QED) is 0.209. The zero-order valence-corrected chi connectivity index (χ0v) is 17.2. The number of fused-ring (bicyclic) bond motifs is 1.